The van der Waals surface area contributed by atoms with E-state index in [1.165, 1.54) is 29.2 Å². The summed E-state index contributed by atoms with van der Waals surface area (Å²) < 4.78 is 14.4. The van der Waals surface area contributed by atoms with Crippen LogP contribution in [-0.4, -0.2) is 15.7 Å². The van der Waals surface area contributed by atoms with Gasteiger partial charge in [-0.3, -0.25) is 4.79 Å². The van der Waals surface area contributed by atoms with Crippen LogP contribution in [0.15, 0.2) is 30.6 Å². The molecule has 0 aliphatic rings. The number of halogens is 1. The zero-order valence-electron chi connectivity index (χ0n) is 8.22. The number of anilines is 1. The van der Waals surface area contributed by atoms with Gasteiger partial charge in [-0.15, -0.1) is 0 Å². The molecule has 0 aliphatic heterocycles. The number of nitrogens with zero attached hydrogens (tertiary/aromatic N) is 2. The fourth-order valence-electron chi connectivity index (χ4n) is 1.32. The third-order valence-electron chi connectivity index (χ3n) is 2.04. The van der Waals surface area contributed by atoms with Crippen LogP contribution in [0.5, 0.6) is 0 Å². The molecule has 0 unspecified atom stereocenters. The van der Waals surface area contributed by atoms with Crippen LogP contribution in [0.2, 0.25) is 0 Å². The first-order valence-corrected chi connectivity index (χ1v) is 4.47. The maximum absolute atomic E-state index is 13.1. The molecule has 1 aromatic carbocycles. The molecular formula is C10H9FN4O. The van der Waals surface area contributed by atoms with E-state index in [1.807, 2.05) is 0 Å². The summed E-state index contributed by atoms with van der Waals surface area (Å²) in [4.78, 5) is 10.8. The lowest BCUT2D eigenvalue weighted by atomic mass is 10.2. The highest BCUT2D eigenvalue weighted by atomic mass is 19.1. The molecule has 0 atom stereocenters. The lowest BCUT2D eigenvalue weighted by Gasteiger charge is -2.02. The van der Waals surface area contributed by atoms with E-state index in [0.29, 0.717) is 5.69 Å². The van der Waals surface area contributed by atoms with Crippen molar-refractivity contribution in [3.05, 3.63) is 42.0 Å². The first-order valence-electron chi connectivity index (χ1n) is 4.47. The fraction of sp³-hybridized carbons (Fsp3) is 0. The number of hydrogen-bond acceptors (Lipinski definition) is 3. The Balaban J connectivity index is 2.46. The van der Waals surface area contributed by atoms with Crippen LogP contribution in [0.4, 0.5) is 10.1 Å². The molecule has 1 aromatic heterocycles. The van der Waals surface area contributed by atoms with Gasteiger partial charge in [-0.05, 0) is 18.2 Å². The van der Waals surface area contributed by atoms with Crippen LogP contribution in [0.1, 0.15) is 10.4 Å². The largest absolute Gasteiger partial charge is 0.399 e. The second kappa shape index (κ2) is 3.65. The minimum absolute atomic E-state index is 0.253. The summed E-state index contributed by atoms with van der Waals surface area (Å²) in [6.07, 6.45) is 2.72. The zero-order chi connectivity index (χ0) is 11.7. The number of primary amides is 1. The molecule has 0 bridgehead atoms. The monoisotopic (exact) mass is 220 g/mol. The molecule has 4 N–H and O–H groups in total. The van der Waals surface area contributed by atoms with E-state index in [0.717, 1.165) is 0 Å². The van der Waals surface area contributed by atoms with E-state index >= 15 is 0 Å². The molecule has 0 aliphatic carbocycles. The average molecular weight is 220 g/mol. The molecule has 0 spiro atoms. The van der Waals surface area contributed by atoms with E-state index < -0.39 is 11.7 Å². The molecule has 1 heterocycles. The number of hydrogen-bond donors (Lipinski definition) is 2. The second-order valence-electron chi connectivity index (χ2n) is 3.28. The molecule has 6 heteroatoms. The van der Waals surface area contributed by atoms with Crippen LogP contribution in [-0.2, 0) is 0 Å². The summed E-state index contributed by atoms with van der Waals surface area (Å²) >= 11 is 0. The predicted octanol–water partition coefficient (Wildman–Crippen LogP) is 0.693. The van der Waals surface area contributed by atoms with Gasteiger partial charge in [0, 0.05) is 11.9 Å². The number of carbonyl (C=O) groups excluding carboxylic acids is 1. The molecule has 1 amide bonds. The minimum atomic E-state index is -0.587. The molecule has 2 rings (SSSR count). The van der Waals surface area contributed by atoms with Crippen molar-refractivity contribution in [1.82, 2.24) is 9.78 Å². The van der Waals surface area contributed by atoms with E-state index in [1.54, 1.807) is 6.07 Å². The van der Waals surface area contributed by atoms with Gasteiger partial charge < -0.3 is 11.5 Å². The topological polar surface area (TPSA) is 86.9 Å². The normalized spacial score (nSPS) is 10.3. The van der Waals surface area contributed by atoms with E-state index in [2.05, 4.69) is 5.10 Å². The third kappa shape index (κ3) is 1.85. The number of nitrogen functional groups attached to an aromatic ring is 1. The summed E-state index contributed by atoms with van der Waals surface area (Å²) in [5.74, 6) is -1.05. The van der Waals surface area contributed by atoms with Gasteiger partial charge in [0.15, 0.2) is 0 Å². The number of benzene rings is 1. The van der Waals surface area contributed by atoms with Crippen molar-refractivity contribution in [3.63, 3.8) is 0 Å². The van der Waals surface area contributed by atoms with Crippen molar-refractivity contribution >= 4 is 11.6 Å². The Hall–Kier alpha value is -2.37. The first-order chi connectivity index (χ1) is 7.56. The lowest BCUT2D eigenvalue weighted by molar-refractivity contribution is 0.100. The summed E-state index contributed by atoms with van der Waals surface area (Å²) in [5, 5.41) is 3.88. The Kier molecular flexibility index (Phi) is 2.32. The Morgan fingerprint density at radius 2 is 2.12 bits per heavy atom. The van der Waals surface area contributed by atoms with Gasteiger partial charge in [0.2, 0.25) is 0 Å². The third-order valence-corrected chi connectivity index (χ3v) is 2.04. The van der Waals surface area contributed by atoms with Gasteiger partial charge in [-0.1, -0.05) is 0 Å². The Labute approximate surface area is 90.5 Å². The van der Waals surface area contributed by atoms with Crippen molar-refractivity contribution < 1.29 is 9.18 Å². The molecule has 2 aromatic rings. The summed E-state index contributed by atoms with van der Waals surface area (Å²) in [6.45, 7) is 0. The number of rotatable bonds is 2. The summed E-state index contributed by atoms with van der Waals surface area (Å²) in [7, 11) is 0. The number of nitrogens with two attached hydrogens (primary N) is 2. The van der Waals surface area contributed by atoms with E-state index in [9.17, 15) is 9.18 Å². The Morgan fingerprint density at radius 1 is 1.38 bits per heavy atom. The van der Waals surface area contributed by atoms with Crippen LogP contribution < -0.4 is 11.5 Å². The molecule has 0 radical (unpaired) electrons. The predicted molar refractivity (Wildman–Crippen MR) is 56.5 cm³/mol. The summed E-state index contributed by atoms with van der Waals surface area (Å²) in [5.41, 5.74) is 11.5. The van der Waals surface area contributed by atoms with E-state index in [-0.39, 0.29) is 11.3 Å². The minimum Gasteiger partial charge on any atom is -0.399 e. The molecule has 5 nitrogen and oxygen atoms in total. The maximum atomic E-state index is 13.1. The van der Waals surface area contributed by atoms with Crippen molar-refractivity contribution in [2.24, 2.45) is 5.73 Å². The van der Waals surface area contributed by atoms with Crippen LogP contribution in [0.25, 0.3) is 5.69 Å². The van der Waals surface area contributed by atoms with Crippen molar-refractivity contribution in [3.8, 4) is 5.69 Å². The SMILES string of the molecule is NC(=O)c1cnn(-c2cc(N)cc(F)c2)c1. The maximum Gasteiger partial charge on any atom is 0.251 e. The van der Waals surface area contributed by atoms with Gasteiger partial charge in [-0.2, -0.15) is 5.10 Å². The average Bonchev–Trinajstić information content (AvgIpc) is 2.64. The number of amides is 1. The van der Waals surface area contributed by atoms with Crippen LogP contribution in [0.3, 0.4) is 0 Å². The van der Waals surface area contributed by atoms with Crippen molar-refractivity contribution in [2.45, 2.75) is 0 Å². The Bertz CT molecular complexity index is 529. The first kappa shape index (κ1) is 10.2. The molecule has 16 heavy (non-hydrogen) atoms. The summed E-state index contributed by atoms with van der Waals surface area (Å²) in [6, 6.07) is 4.00. The quantitative estimate of drug-likeness (QED) is 0.730. The molecular weight excluding hydrogens is 211 g/mol. The molecule has 0 fully saturated rings. The van der Waals surface area contributed by atoms with Gasteiger partial charge in [0.1, 0.15) is 5.82 Å². The van der Waals surface area contributed by atoms with Crippen LogP contribution >= 0.6 is 0 Å². The standard InChI is InChI=1S/C10H9FN4O/c11-7-1-8(12)3-9(2-7)15-5-6(4-14-15)10(13)16/h1-5H,12H2,(H2,13,16). The molecule has 82 valence electrons. The van der Waals surface area contributed by atoms with Gasteiger partial charge in [0.05, 0.1) is 17.4 Å². The van der Waals surface area contributed by atoms with Crippen molar-refractivity contribution in [1.29, 1.82) is 0 Å². The fourth-order valence-corrected chi connectivity index (χ4v) is 1.32. The number of aromatic nitrogens is 2. The highest BCUT2D eigenvalue weighted by molar-refractivity contribution is 5.92. The molecule has 0 saturated carbocycles. The van der Waals surface area contributed by atoms with Gasteiger partial charge in [0.25, 0.3) is 5.91 Å². The van der Waals surface area contributed by atoms with Gasteiger partial charge in [-0.25, -0.2) is 9.07 Å². The lowest BCUT2D eigenvalue weighted by Crippen LogP contribution is -2.09. The highest BCUT2D eigenvalue weighted by Crippen LogP contribution is 2.14. The van der Waals surface area contributed by atoms with Crippen LogP contribution in [0, 0.1) is 5.82 Å². The van der Waals surface area contributed by atoms with Crippen molar-refractivity contribution in [2.75, 3.05) is 5.73 Å². The van der Waals surface area contributed by atoms with E-state index in [4.69, 9.17) is 11.5 Å². The highest BCUT2D eigenvalue weighted by Gasteiger charge is 2.06. The Morgan fingerprint density at radius 3 is 2.69 bits per heavy atom. The molecule has 0 saturated heterocycles. The van der Waals surface area contributed by atoms with Gasteiger partial charge >= 0.3 is 0 Å². The zero-order valence-corrected chi connectivity index (χ0v) is 8.22. The smallest absolute Gasteiger partial charge is 0.251 e. The second-order valence-corrected chi connectivity index (χ2v) is 3.28. The number of carbonyl (C=O) groups is 1.